The van der Waals surface area contributed by atoms with Gasteiger partial charge in [-0.25, -0.2) is 4.79 Å². The number of esters is 1. The van der Waals surface area contributed by atoms with E-state index in [1.54, 1.807) is 38.1 Å². The summed E-state index contributed by atoms with van der Waals surface area (Å²) in [6.45, 7) is 8.76. The molecule has 0 saturated heterocycles. The SMILES string of the molecule is CNCC(CNC)(NC(=O)c1cccc(NC(=O)Cc2cc(C(=O)OC(C)C)ccc2O)c1)C(C)C. The first kappa shape index (κ1) is 28.8. The minimum absolute atomic E-state index is 0.0986. The number of amides is 2. The highest BCUT2D eigenvalue weighted by molar-refractivity contribution is 5.98. The van der Waals surface area contributed by atoms with Gasteiger partial charge in [-0.1, -0.05) is 19.9 Å². The lowest BCUT2D eigenvalue weighted by Gasteiger charge is -2.38. The van der Waals surface area contributed by atoms with Crippen molar-refractivity contribution in [2.75, 3.05) is 32.5 Å². The van der Waals surface area contributed by atoms with Gasteiger partial charge in [-0.05, 0) is 70.3 Å². The van der Waals surface area contributed by atoms with E-state index in [0.717, 1.165) is 0 Å². The van der Waals surface area contributed by atoms with Gasteiger partial charge in [0, 0.05) is 29.9 Å². The van der Waals surface area contributed by atoms with Crippen molar-refractivity contribution in [1.82, 2.24) is 16.0 Å². The van der Waals surface area contributed by atoms with Crippen molar-refractivity contribution >= 4 is 23.5 Å². The summed E-state index contributed by atoms with van der Waals surface area (Å²) < 4.78 is 5.18. The monoisotopic (exact) mass is 498 g/mol. The van der Waals surface area contributed by atoms with Gasteiger partial charge in [0.05, 0.1) is 23.6 Å². The number of carbonyl (C=O) groups is 3. The molecule has 0 fully saturated rings. The molecule has 0 spiro atoms. The molecule has 196 valence electrons. The van der Waals surface area contributed by atoms with E-state index in [1.165, 1.54) is 18.2 Å². The molecule has 9 heteroatoms. The third kappa shape index (κ3) is 7.79. The molecule has 0 aliphatic carbocycles. The van der Waals surface area contributed by atoms with E-state index in [9.17, 15) is 19.5 Å². The summed E-state index contributed by atoms with van der Waals surface area (Å²) in [4.78, 5) is 38.0. The highest BCUT2D eigenvalue weighted by Gasteiger charge is 2.34. The normalized spacial score (nSPS) is 11.4. The van der Waals surface area contributed by atoms with Crippen LogP contribution in [0, 0.1) is 5.92 Å². The van der Waals surface area contributed by atoms with Crippen LogP contribution in [-0.4, -0.2) is 61.7 Å². The van der Waals surface area contributed by atoms with Crippen LogP contribution in [0.3, 0.4) is 0 Å². The van der Waals surface area contributed by atoms with Crippen LogP contribution in [0.15, 0.2) is 42.5 Å². The number of benzene rings is 2. The molecule has 0 radical (unpaired) electrons. The number of carbonyl (C=O) groups excluding carboxylic acids is 3. The van der Waals surface area contributed by atoms with Crippen LogP contribution >= 0.6 is 0 Å². The lowest BCUT2D eigenvalue weighted by molar-refractivity contribution is -0.115. The van der Waals surface area contributed by atoms with Crippen LogP contribution in [0.2, 0.25) is 0 Å². The standard InChI is InChI=1S/C27H38N4O5/c1-17(2)27(15-28-5,16-29-6)31-25(34)19-8-7-9-22(13-19)30-24(33)14-21-12-20(10-11-23(21)32)26(35)36-18(3)4/h7-13,17-18,28-29,32H,14-16H2,1-6H3,(H,30,33)(H,31,34). The van der Waals surface area contributed by atoms with E-state index >= 15 is 0 Å². The number of aromatic hydroxyl groups is 1. The summed E-state index contributed by atoms with van der Waals surface area (Å²) in [5.41, 5.74) is 0.894. The van der Waals surface area contributed by atoms with Crippen molar-refractivity contribution in [2.45, 2.75) is 45.8 Å². The number of nitrogens with one attached hydrogen (secondary N) is 4. The Morgan fingerprint density at radius 2 is 1.61 bits per heavy atom. The minimum Gasteiger partial charge on any atom is -0.508 e. The van der Waals surface area contributed by atoms with E-state index in [1.807, 2.05) is 14.1 Å². The maximum atomic E-state index is 13.1. The van der Waals surface area contributed by atoms with Gasteiger partial charge in [-0.15, -0.1) is 0 Å². The van der Waals surface area contributed by atoms with Crippen LogP contribution in [0.1, 0.15) is 54.0 Å². The molecular weight excluding hydrogens is 460 g/mol. The van der Waals surface area contributed by atoms with E-state index in [2.05, 4.69) is 35.1 Å². The highest BCUT2D eigenvalue weighted by atomic mass is 16.5. The van der Waals surface area contributed by atoms with Crippen molar-refractivity contribution in [2.24, 2.45) is 5.92 Å². The van der Waals surface area contributed by atoms with E-state index in [0.29, 0.717) is 29.9 Å². The number of anilines is 1. The molecule has 0 unspecified atom stereocenters. The Balaban J connectivity index is 2.15. The van der Waals surface area contributed by atoms with Gasteiger partial charge in [-0.3, -0.25) is 9.59 Å². The molecule has 0 aliphatic rings. The Kier molecular flexibility index (Phi) is 10.4. The molecule has 0 aliphatic heterocycles. The summed E-state index contributed by atoms with van der Waals surface area (Å²) in [7, 11) is 3.69. The molecule has 2 amide bonds. The van der Waals surface area contributed by atoms with Crippen molar-refractivity contribution in [3.05, 3.63) is 59.2 Å². The zero-order valence-electron chi connectivity index (χ0n) is 21.9. The molecule has 0 heterocycles. The second kappa shape index (κ2) is 13.0. The van der Waals surface area contributed by atoms with Gasteiger partial charge in [0.25, 0.3) is 5.91 Å². The molecule has 2 rings (SSSR count). The van der Waals surface area contributed by atoms with Gasteiger partial charge < -0.3 is 31.1 Å². The van der Waals surface area contributed by atoms with E-state index < -0.39 is 17.4 Å². The maximum absolute atomic E-state index is 13.1. The molecule has 0 atom stereocenters. The quantitative estimate of drug-likeness (QED) is 0.285. The molecule has 0 bridgehead atoms. The van der Waals surface area contributed by atoms with Gasteiger partial charge in [-0.2, -0.15) is 0 Å². The average Bonchev–Trinajstić information content (AvgIpc) is 2.80. The third-order valence-electron chi connectivity index (χ3n) is 5.87. The number of hydrogen-bond donors (Lipinski definition) is 5. The van der Waals surface area contributed by atoms with Gasteiger partial charge in [0.2, 0.25) is 5.91 Å². The van der Waals surface area contributed by atoms with Crippen LogP contribution in [-0.2, 0) is 16.0 Å². The van der Waals surface area contributed by atoms with E-state index in [4.69, 9.17) is 4.74 Å². The van der Waals surface area contributed by atoms with Crippen molar-refractivity contribution < 1.29 is 24.2 Å². The summed E-state index contributed by atoms with van der Waals surface area (Å²) >= 11 is 0. The minimum atomic E-state index is -0.528. The number of phenols is 1. The number of likely N-dealkylation sites (N-methyl/N-ethyl adjacent to an activating group) is 2. The summed E-state index contributed by atoms with van der Waals surface area (Å²) in [5, 5.41) is 22.4. The lowest BCUT2D eigenvalue weighted by atomic mass is 9.85. The van der Waals surface area contributed by atoms with Gasteiger partial charge in [0.15, 0.2) is 0 Å². The average molecular weight is 499 g/mol. The molecule has 2 aromatic carbocycles. The summed E-state index contributed by atoms with van der Waals surface area (Å²) in [6.07, 6.45) is -0.448. The number of phenolic OH excluding ortho intramolecular Hbond substituents is 1. The van der Waals surface area contributed by atoms with Crippen molar-refractivity contribution in [3.63, 3.8) is 0 Å². The predicted octanol–water partition coefficient (Wildman–Crippen LogP) is 2.70. The predicted molar refractivity (Wildman–Crippen MR) is 140 cm³/mol. The highest BCUT2D eigenvalue weighted by Crippen LogP contribution is 2.22. The van der Waals surface area contributed by atoms with Crippen LogP contribution in [0.25, 0.3) is 0 Å². The zero-order chi connectivity index (χ0) is 26.9. The molecule has 5 N–H and O–H groups in total. The zero-order valence-corrected chi connectivity index (χ0v) is 21.9. The smallest absolute Gasteiger partial charge is 0.338 e. The Hall–Kier alpha value is -3.43. The molecular formula is C27H38N4O5. The molecule has 36 heavy (non-hydrogen) atoms. The fourth-order valence-electron chi connectivity index (χ4n) is 3.89. The largest absolute Gasteiger partial charge is 0.508 e. The van der Waals surface area contributed by atoms with Gasteiger partial charge in [0.1, 0.15) is 5.75 Å². The summed E-state index contributed by atoms with van der Waals surface area (Å²) in [5.74, 6) is -1.12. The summed E-state index contributed by atoms with van der Waals surface area (Å²) in [6, 6.07) is 10.9. The number of ether oxygens (including phenoxy) is 1. The van der Waals surface area contributed by atoms with Crippen molar-refractivity contribution in [1.29, 1.82) is 0 Å². The first-order valence-corrected chi connectivity index (χ1v) is 12.1. The second-order valence-corrected chi connectivity index (χ2v) is 9.43. The maximum Gasteiger partial charge on any atom is 0.338 e. The Labute approximate surface area is 213 Å². The third-order valence-corrected chi connectivity index (χ3v) is 5.87. The Morgan fingerprint density at radius 3 is 2.19 bits per heavy atom. The fraction of sp³-hybridized carbons (Fsp3) is 0.444. The first-order valence-electron chi connectivity index (χ1n) is 12.1. The molecule has 0 aromatic heterocycles. The molecule has 0 saturated carbocycles. The fourth-order valence-corrected chi connectivity index (χ4v) is 3.89. The van der Waals surface area contributed by atoms with Crippen LogP contribution in [0.5, 0.6) is 5.75 Å². The number of rotatable bonds is 12. The van der Waals surface area contributed by atoms with Crippen LogP contribution < -0.4 is 21.3 Å². The van der Waals surface area contributed by atoms with Crippen LogP contribution in [0.4, 0.5) is 5.69 Å². The number of hydrogen-bond acceptors (Lipinski definition) is 7. The second-order valence-electron chi connectivity index (χ2n) is 9.43. The first-order chi connectivity index (χ1) is 17.0. The molecule has 9 nitrogen and oxygen atoms in total. The van der Waals surface area contributed by atoms with Gasteiger partial charge >= 0.3 is 5.97 Å². The topological polar surface area (TPSA) is 129 Å². The lowest BCUT2D eigenvalue weighted by Crippen LogP contribution is -2.62. The Bertz CT molecular complexity index is 1060. The molecule has 2 aromatic rings. The van der Waals surface area contributed by atoms with E-state index in [-0.39, 0.29) is 35.7 Å². The van der Waals surface area contributed by atoms with Crippen molar-refractivity contribution in [3.8, 4) is 5.75 Å². The Morgan fingerprint density at radius 1 is 0.944 bits per heavy atom.